The number of carbonyl (C=O) groups is 1. The van der Waals surface area contributed by atoms with E-state index in [0.29, 0.717) is 11.7 Å². The average molecular weight is 261 g/mol. The van der Waals surface area contributed by atoms with Crippen LogP contribution in [0.3, 0.4) is 0 Å². The van der Waals surface area contributed by atoms with E-state index in [2.05, 4.69) is 15.6 Å². The highest BCUT2D eigenvalue weighted by molar-refractivity contribution is 7.15. The summed E-state index contributed by atoms with van der Waals surface area (Å²) >= 11 is 1.46. The van der Waals surface area contributed by atoms with Gasteiger partial charge in [-0.15, -0.1) is 11.3 Å². The Hall–Kier alpha value is -1.88. The molecule has 2 amide bonds. The molecule has 0 saturated carbocycles. The van der Waals surface area contributed by atoms with Gasteiger partial charge >= 0.3 is 6.03 Å². The molecule has 18 heavy (non-hydrogen) atoms. The Morgan fingerprint density at radius 3 is 2.78 bits per heavy atom. The van der Waals surface area contributed by atoms with Gasteiger partial charge in [0.25, 0.3) is 0 Å². The maximum absolute atomic E-state index is 11.7. The summed E-state index contributed by atoms with van der Waals surface area (Å²) in [6.45, 7) is 4.50. The minimum atomic E-state index is -0.229. The highest BCUT2D eigenvalue weighted by atomic mass is 32.1. The van der Waals surface area contributed by atoms with Gasteiger partial charge < -0.3 is 5.32 Å². The number of anilines is 1. The van der Waals surface area contributed by atoms with Crippen molar-refractivity contribution in [3.8, 4) is 0 Å². The summed E-state index contributed by atoms with van der Waals surface area (Å²) in [5, 5.41) is 6.14. The minimum Gasteiger partial charge on any atom is -0.334 e. The number of nitrogens with one attached hydrogen (secondary N) is 2. The standard InChI is InChI=1S/C13H15N3OS/c1-9-5-3-4-6-11(9)8-14-12(17)16-13-15-7-10(2)18-13/h3-7H,8H2,1-2H3,(H2,14,15,16,17). The summed E-state index contributed by atoms with van der Waals surface area (Å²) in [6, 6.07) is 7.75. The summed E-state index contributed by atoms with van der Waals surface area (Å²) in [6.07, 6.45) is 1.74. The number of hydrogen-bond donors (Lipinski definition) is 2. The van der Waals surface area contributed by atoms with Crippen LogP contribution in [0.25, 0.3) is 0 Å². The second-order valence-electron chi connectivity index (χ2n) is 4.01. The zero-order valence-electron chi connectivity index (χ0n) is 10.4. The molecule has 2 N–H and O–H groups in total. The second kappa shape index (κ2) is 5.64. The Bertz CT molecular complexity index is 551. The first kappa shape index (κ1) is 12.6. The molecule has 1 aromatic heterocycles. The number of carbonyl (C=O) groups excluding carboxylic acids is 1. The Balaban J connectivity index is 1.87. The highest BCUT2D eigenvalue weighted by Crippen LogP contribution is 2.16. The van der Waals surface area contributed by atoms with Crippen molar-refractivity contribution in [2.75, 3.05) is 5.32 Å². The molecule has 0 aliphatic rings. The summed E-state index contributed by atoms with van der Waals surface area (Å²) in [5.41, 5.74) is 2.28. The number of nitrogens with zero attached hydrogens (tertiary/aromatic N) is 1. The van der Waals surface area contributed by atoms with Crippen LogP contribution in [0.2, 0.25) is 0 Å². The van der Waals surface area contributed by atoms with Crippen molar-refractivity contribution in [1.29, 1.82) is 0 Å². The normalized spacial score (nSPS) is 10.1. The van der Waals surface area contributed by atoms with E-state index in [1.54, 1.807) is 6.20 Å². The van der Waals surface area contributed by atoms with E-state index in [9.17, 15) is 4.79 Å². The summed E-state index contributed by atoms with van der Waals surface area (Å²) in [7, 11) is 0. The van der Waals surface area contributed by atoms with Crippen LogP contribution < -0.4 is 10.6 Å². The van der Waals surface area contributed by atoms with E-state index in [1.165, 1.54) is 16.9 Å². The quantitative estimate of drug-likeness (QED) is 0.892. The van der Waals surface area contributed by atoms with Gasteiger partial charge in [-0.1, -0.05) is 24.3 Å². The predicted molar refractivity (Wildman–Crippen MR) is 73.9 cm³/mol. The molecule has 0 fully saturated rings. The van der Waals surface area contributed by atoms with Gasteiger partial charge in [-0.05, 0) is 25.0 Å². The van der Waals surface area contributed by atoms with Crippen molar-refractivity contribution in [3.63, 3.8) is 0 Å². The van der Waals surface area contributed by atoms with Crippen molar-refractivity contribution < 1.29 is 4.79 Å². The first-order valence-electron chi connectivity index (χ1n) is 5.67. The fraction of sp³-hybridized carbons (Fsp3) is 0.231. The van der Waals surface area contributed by atoms with Gasteiger partial charge in [0.1, 0.15) is 0 Å². The van der Waals surface area contributed by atoms with E-state index < -0.39 is 0 Å². The molecule has 5 heteroatoms. The van der Waals surface area contributed by atoms with Crippen LogP contribution in [0.15, 0.2) is 30.5 Å². The van der Waals surface area contributed by atoms with Gasteiger partial charge in [0.2, 0.25) is 0 Å². The lowest BCUT2D eigenvalue weighted by Gasteiger charge is -2.07. The first-order chi connectivity index (χ1) is 8.65. The lowest BCUT2D eigenvalue weighted by Crippen LogP contribution is -2.28. The predicted octanol–water partition coefficient (Wildman–Crippen LogP) is 3.08. The van der Waals surface area contributed by atoms with Gasteiger partial charge in [-0.25, -0.2) is 9.78 Å². The topological polar surface area (TPSA) is 54.0 Å². The molecular weight excluding hydrogens is 246 g/mol. The highest BCUT2D eigenvalue weighted by Gasteiger charge is 2.05. The molecule has 0 unspecified atom stereocenters. The molecule has 94 valence electrons. The average Bonchev–Trinajstić information content (AvgIpc) is 2.74. The summed E-state index contributed by atoms with van der Waals surface area (Å²) in [4.78, 5) is 16.8. The molecule has 0 spiro atoms. The fourth-order valence-electron chi connectivity index (χ4n) is 1.54. The monoisotopic (exact) mass is 261 g/mol. The van der Waals surface area contributed by atoms with Crippen LogP contribution in [0, 0.1) is 13.8 Å². The molecule has 2 rings (SSSR count). The van der Waals surface area contributed by atoms with Crippen LogP contribution in [0.5, 0.6) is 0 Å². The molecule has 1 heterocycles. The first-order valence-corrected chi connectivity index (χ1v) is 6.48. The SMILES string of the molecule is Cc1cnc(NC(=O)NCc2ccccc2C)s1. The molecule has 2 aromatic rings. The van der Waals surface area contributed by atoms with Crippen molar-refractivity contribution >= 4 is 22.5 Å². The molecule has 0 aliphatic carbocycles. The molecular formula is C13H15N3OS. The largest absolute Gasteiger partial charge is 0.334 e. The van der Waals surface area contributed by atoms with Gasteiger partial charge in [0, 0.05) is 17.6 Å². The van der Waals surface area contributed by atoms with Gasteiger partial charge in [-0.3, -0.25) is 5.32 Å². The maximum Gasteiger partial charge on any atom is 0.321 e. The molecule has 0 radical (unpaired) electrons. The van der Waals surface area contributed by atoms with Crippen LogP contribution in [-0.2, 0) is 6.54 Å². The van der Waals surface area contributed by atoms with Crippen molar-refractivity contribution in [3.05, 3.63) is 46.5 Å². The summed E-state index contributed by atoms with van der Waals surface area (Å²) in [5.74, 6) is 0. The lowest BCUT2D eigenvalue weighted by atomic mass is 10.1. The number of aromatic nitrogens is 1. The fourth-order valence-corrected chi connectivity index (χ4v) is 2.20. The van der Waals surface area contributed by atoms with Crippen molar-refractivity contribution in [2.45, 2.75) is 20.4 Å². The third kappa shape index (κ3) is 3.30. The van der Waals surface area contributed by atoms with E-state index >= 15 is 0 Å². The Labute approximate surface area is 110 Å². The molecule has 1 aromatic carbocycles. The number of thiazole rings is 1. The lowest BCUT2D eigenvalue weighted by molar-refractivity contribution is 0.251. The Kier molecular flexibility index (Phi) is 3.94. The third-order valence-corrected chi connectivity index (χ3v) is 3.37. The van der Waals surface area contributed by atoms with E-state index in [0.717, 1.165) is 10.4 Å². The number of benzene rings is 1. The molecule has 0 aliphatic heterocycles. The molecule has 4 nitrogen and oxygen atoms in total. The molecule has 0 saturated heterocycles. The zero-order valence-corrected chi connectivity index (χ0v) is 11.2. The van der Waals surface area contributed by atoms with E-state index in [4.69, 9.17) is 0 Å². The van der Waals surface area contributed by atoms with Crippen molar-refractivity contribution in [1.82, 2.24) is 10.3 Å². The van der Waals surface area contributed by atoms with Crippen LogP contribution in [0.4, 0.5) is 9.93 Å². The van der Waals surface area contributed by atoms with Crippen LogP contribution >= 0.6 is 11.3 Å². The zero-order chi connectivity index (χ0) is 13.0. The Morgan fingerprint density at radius 2 is 2.11 bits per heavy atom. The number of hydrogen-bond acceptors (Lipinski definition) is 3. The van der Waals surface area contributed by atoms with Gasteiger partial charge in [0.15, 0.2) is 5.13 Å². The Morgan fingerprint density at radius 1 is 1.33 bits per heavy atom. The number of amides is 2. The molecule has 0 atom stereocenters. The van der Waals surface area contributed by atoms with Gasteiger partial charge in [-0.2, -0.15) is 0 Å². The maximum atomic E-state index is 11.7. The van der Waals surface area contributed by atoms with E-state index in [1.807, 2.05) is 38.1 Å². The third-order valence-electron chi connectivity index (χ3n) is 2.54. The summed E-state index contributed by atoms with van der Waals surface area (Å²) < 4.78 is 0. The van der Waals surface area contributed by atoms with E-state index in [-0.39, 0.29) is 6.03 Å². The molecule has 0 bridgehead atoms. The number of aryl methyl sites for hydroxylation is 2. The van der Waals surface area contributed by atoms with Gasteiger partial charge in [0.05, 0.1) is 0 Å². The van der Waals surface area contributed by atoms with Crippen molar-refractivity contribution in [2.24, 2.45) is 0 Å². The number of rotatable bonds is 3. The van der Waals surface area contributed by atoms with Crippen LogP contribution in [-0.4, -0.2) is 11.0 Å². The smallest absolute Gasteiger partial charge is 0.321 e. The minimum absolute atomic E-state index is 0.229. The second-order valence-corrected chi connectivity index (χ2v) is 5.24. The van der Waals surface area contributed by atoms with Crippen LogP contribution in [0.1, 0.15) is 16.0 Å². The number of urea groups is 1.